The molecule has 1 heterocycles. The minimum Gasteiger partial charge on any atom is -0.333 e. The molecular formula is C11H10BrN3S. The zero-order chi connectivity index (χ0) is 11.5. The summed E-state index contributed by atoms with van der Waals surface area (Å²) >= 11 is 5.00. The number of benzene rings is 1. The molecule has 0 radical (unpaired) electrons. The van der Waals surface area contributed by atoms with Crippen molar-refractivity contribution < 1.29 is 0 Å². The molecule has 82 valence electrons. The van der Waals surface area contributed by atoms with Crippen molar-refractivity contribution >= 4 is 38.7 Å². The number of fused-ring (bicyclic) bond motifs is 1. The second kappa shape index (κ2) is 4.89. The maximum Gasteiger partial charge on any atom is 0.166 e. The highest BCUT2D eigenvalue weighted by atomic mass is 79.9. The molecule has 0 fully saturated rings. The normalized spacial score (nSPS) is 12.6. The maximum atomic E-state index is 8.69. The number of nitrogens with one attached hydrogen (secondary N) is 1. The molecule has 0 saturated heterocycles. The Morgan fingerprint density at radius 1 is 1.62 bits per heavy atom. The predicted octanol–water partition coefficient (Wildman–Crippen LogP) is 3.58. The molecule has 1 aromatic carbocycles. The van der Waals surface area contributed by atoms with E-state index >= 15 is 0 Å². The van der Waals surface area contributed by atoms with Crippen molar-refractivity contribution in [2.24, 2.45) is 5.92 Å². The summed E-state index contributed by atoms with van der Waals surface area (Å²) in [4.78, 5) is 7.67. The summed E-state index contributed by atoms with van der Waals surface area (Å²) in [5.41, 5.74) is 1.97. The lowest BCUT2D eigenvalue weighted by atomic mass is 10.3. The molecule has 0 bridgehead atoms. The minimum atomic E-state index is 0.0462. The van der Waals surface area contributed by atoms with Crippen LogP contribution in [0.4, 0.5) is 0 Å². The van der Waals surface area contributed by atoms with Crippen molar-refractivity contribution in [3.8, 4) is 6.07 Å². The second-order valence-corrected chi connectivity index (χ2v) is 5.47. The fourth-order valence-corrected chi connectivity index (χ4v) is 2.46. The Morgan fingerprint density at radius 3 is 3.19 bits per heavy atom. The zero-order valence-electron chi connectivity index (χ0n) is 8.70. The third kappa shape index (κ3) is 2.57. The van der Waals surface area contributed by atoms with E-state index in [2.05, 4.69) is 32.0 Å². The number of nitrogens with zero attached hydrogens (tertiary/aromatic N) is 2. The summed E-state index contributed by atoms with van der Waals surface area (Å²) in [6.07, 6.45) is 0. The molecule has 3 nitrogen and oxygen atoms in total. The van der Waals surface area contributed by atoms with Crippen LogP contribution in [0, 0.1) is 17.2 Å². The number of thioether (sulfide) groups is 1. The van der Waals surface area contributed by atoms with Gasteiger partial charge in [0, 0.05) is 10.2 Å². The van der Waals surface area contributed by atoms with Gasteiger partial charge in [0.25, 0.3) is 0 Å². The van der Waals surface area contributed by atoms with E-state index in [4.69, 9.17) is 5.26 Å². The molecule has 16 heavy (non-hydrogen) atoms. The average Bonchev–Trinajstić information content (AvgIpc) is 2.67. The van der Waals surface area contributed by atoms with E-state index in [0.717, 1.165) is 26.4 Å². The highest BCUT2D eigenvalue weighted by Crippen LogP contribution is 2.23. The zero-order valence-corrected chi connectivity index (χ0v) is 11.1. The minimum absolute atomic E-state index is 0.0462. The van der Waals surface area contributed by atoms with Gasteiger partial charge < -0.3 is 4.98 Å². The summed E-state index contributed by atoms with van der Waals surface area (Å²) in [7, 11) is 0. The Bertz CT molecular complexity index is 544. The van der Waals surface area contributed by atoms with E-state index in [1.807, 2.05) is 25.1 Å². The highest BCUT2D eigenvalue weighted by Gasteiger charge is 2.06. The van der Waals surface area contributed by atoms with Gasteiger partial charge in [-0.25, -0.2) is 4.98 Å². The van der Waals surface area contributed by atoms with Crippen LogP contribution in [0.5, 0.6) is 0 Å². The molecule has 5 heteroatoms. The topological polar surface area (TPSA) is 52.5 Å². The van der Waals surface area contributed by atoms with Gasteiger partial charge >= 0.3 is 0 Å². The number of imidazole rings is 1. The van der Waals surface area contributed by atoms with E-state index in [1.54, 1.807) is 11.8 Å². The van der Waals surface area contributed by atoms with Gasteiger partial charge in [-0.05, 0) is 25.1 Å². The van der Waals surface area contributed by atoms with Gasteiger partial charge in [0.2, 0.25) is 0 Å². The molecule has 1 unspecified atom stereocenters. The van der Waals surface area contributed by atoms with E-state index in [-0.39, 0.29) is 5.92 Å². The van der Waals surface area contributed by atoms with Gasteiger partial charge in [-0.3, -0.25) is 0 Å². The number of halogens is 1. The average molecular weight is 296 g/mol. The van der Waals surface area contributed by atoms with Gasteiger partial charge in [0.1, 0.15) is 0 Å². The highest BCUT2D eigenvalue weighted by molar-refractivity contribution is 9.10. The Labute approximate surface area is 106 Å². The van der Waals surface area contributed by atoms with Crippen molar-refractivity contribution in [1.29, 1.82) is 5.26 Å². The molecule has 2 rings (SSSR count). The number of aromatic amines is 1. The van der Waals surface area contributed by atoms with Crippen LogP contribution in [-0.2, 0) is 0 Å². The first-order valence-electron chi connectivity index (χ1n) is 4.86. The second-order valence-electron chi connectivity index (χ2n) is 3.54. The molecule has 0 aliphatic heterocycles. The van der Waals surface area contributed by atoms with Crippen molar-refractivity contribution in [3.63, 3.8) is 0 Å². The van der Waals surface area contributed by atoms with E-state index in [9.17, 15) is 0 Å². The van der Waals surface area contributed by atoms with Crippen LogP contribution < -0.4 is 0 Å². The maximum absolute atomic E-state index is 8.69. The smallest absolute Gasteiger partial charge is 0.166 e. The first-order valence-corrected chi connectivity index (χ1v) is 6.64. The fourth-order valence-electron chi connectivity index (χ4n) is 1.27. The SMILES string of the molecule is CC(C#N)CSc1nc2ccc(Br)cc2[nH]1. The summed E-state index contributed by atoms with van der Waals surface area (Å²) in [5.74, 6) is 0.808. The third-order valence-corrected chi connectivity index (χ3v) is 3.74. The number of nitriles is 1. The van der Waals surface area contributed by atoms with E-state index in [0.29, 0.717) is 0 Å². The molecule has 0 saturated carbocycles. The van der Waals surface area contributed by atoms with Gasteiger partial charge in [-0.1, -0.05) is 27.7 Å². The molecule has 1 aromatic heterocycles. The molecule has 0 spiro atoms. The number of rotatable bonds is 3. The summed E-state index contributed by atoms with van der Waals surface area (Å²) in [6, 6.07) is 8.14. The van der Waals surface area contributed by atoms with Crippen molar-refractivity contribution in [2.75, 3.05) is 5.75 Å². The van der Waals surface area contributed by atoms with Gasteiger partial charge in [-0.2, -0.15) is 5.26 Å². The Balaban J connectivity index is 2.17. The van der Waals surface area contributed by atoms with Crippen molar-refractivity contribution in [2.45, 2.75) is 12.1 Å². The molecule has 0 aliphatic rings. The molecule has 2 aromatic rings. The van der Waals surface area contributed by atoms with Crippen LogP contribution in [0.3, 0.4) is 0 Å². The number of aromatic nitrogens is 2. The molecule has 0 amide bonds. The summed E-state index contributed by atoms with van der Waals surface area (Å²) in [5, 5.41) is 9.56. The number of hydrogen-bond donors (Lipinski definition) is 1. The van der Waals surface area contributed by atoms with Crippen molar-refractivity contribution in [3.05, 3.63) is 22.7 Å². The fraction of sp³-hybridized carbons (Fsp3) is 0.273. The van der Waals surface area contributed by atoms with Gasteiger partial charge in [-0.15, -0.1) is 0 Å². The van der Waals surface area contributed by atoms with Crippen molar-refractivity contribution in [1.82, 2.24) is 9.97 Å². The number of H-pyrrole nitrogens is 1. The van der Waals surface area contributed by atoms with Crippen LogP contribution in [0.1, 0.15) is 6.92 Å². The quantitative estimate of drug-likeness (QED) is 0.881. The van der Waals surface area contributed by atoms with E-state index < -0.39 is 0 Å². The Hall–Kier alpha value is -0.990. The lowest BCUT2D eigenvalue weighted by Crippen LogP contribution is -1.93. The van der Waals surface area contributed by atoms with Crippen LogP contribution in [0.25, 0.3) is 11.0 Å². The first-order chi connectivity index (χ1) is 7.69. The summed E-state index contributed by atoms with van der Waals surface area (Å²) in [6.45, 7) is 1.91. The number of hydrogen-bond acceptors (Lipinski definition) is 3. The van der Waals surface area contributed by atoms with Gasteiger partial charge in [0.15, 0.2) is 5.16 Å². The molecule has 1 N–H and O–H groups in total. The Kier molecular flexibility index (Phi) is 3.52. The largest absolute Gasteiger partial charge is 0.333 e. The lowest BCUT2D eigenvalue weighted by Gasteiger charge is -1.97. The standard InChI is InChI=1S/C11H10BrN3S/c1-7(5-13)6-16-11-14-9-3-2-8(12)4-10(9)15-11/h2-4,7H,6H2,1H3,(H,14,15). The predicted molar refractivity (Wildman–Crippen MR) is 69.3 cm³/mol. The monoisotopic (exact) mass is 295 g/mol. The van der Waals surface area contributed by atoms with Crippen LogP contribution in [0.15, 0.2) is 27.8 Å². The molecule has 1 atom stereocenters. The molecule has 0 aliphatic carbocycles. The van der Waals surface area contributed by atoms with Crippen LogP contribution in [0.2, 0.25) is 0 Å². The van der Waals surface area contributed by atoms with Gasteiger partial charge in [0.05, 0.1) is 23.0 Å². The van der Waals surface area contributed by atoms with E-state index in [1.165, 1.54) is 0 Å². The Morgan fingerprint density at radius 2 is 2.44 bits per heavy atom. The first kappa shape index (κ1) is 11.5. The van der Waals surface area contributed by atoms with Crippen LogP contribution in [-0.4, -0.2) is 15.7 Å². The molecular weight excluding hydrogens is 286 g/mol. The lowest BCUT2D eigenvalue weighted by molar-refractivity contribution is 0.860. The summed E-state index contributed by atoms with van der Waals surface area (Å²) < 4.78 is 1.03. The third-order valence-electron chi connectivity index (χ3n) is 2.11. The van der Waals surface area contributed by atoms with Crippen LogP contribution >= 0.6 is 27.7 Å².